The van der Waals surface area contributed by atoms with Crippen molar-refractivity contribution < 1.29 is 13.2 Å². The van der Waals surface area contributed by atoms with Gasteiger partial charge in [0, 0.05) is 35.6 Å². The molecule has 9 heteroatoms. The van der Waals surface area contributed by atoms with Gasteiger partial charge in [-0.1, -0.05) is 49.4 Å². The maximum atomic E-state index is 13.3. The Labute approximate surface area is 235 Å². The number of hydrogen-bond acceptors (Lipinski definition) is 7. The number of carbonyl (C=O) groups is 1. The number of nitrogens with zero attached hydrogens (tertiary/aromatic N) is 2. The quantitative estimate of drug-likeness (QED) is 0.236. The highest BCUT2D eigenvalue weighted by atomic mass is 32.2. The fourth-order valence-electron chi connectivity index (χ4n) is 4.88. The van der Waals surface area contributed by atoms with Gasteiger partial charge in [0.25, 0.3) is 5.91 Å². The zero-order chi connectivity index (χ0) is 27.0. The topological polar surface area (TPSA) is 79.4 Å². The minimum atomic E-state index is -3.33. The van der Waals surface area contributed by atoms with Crippen LogP contribution in [0.25, 0.3) is 20.8 Å². The Bertz CT molecular complexity index is 1720. The third-order valence-corrected chi connectivity index (χ3v) is 10.9. The zero-order valence-electron chi connectivity index (χ0n) is 21.4. The molecule has 1 amide bonds. The summed E-state index contributed by atoms with van der Waals surface area (Å²) in [6, 6.07) is 24.7. The molecule has 39 heavy (non-hydrogen) atoms. The van der Waals surface area contributed by atoms with E-state index < -0.39 is 9.84 Å². The molecule has 6 nitrogen and oxygen atoms in total. The van der Waals surface area contributed by atoms with Crippen LogP contribution in [0.4, 0.5) is 5.00 Å². The number of sulfone groups is 1. The molecule has 0 aliphatic carbocycles. The number of thiophene rings is 1. The predicted octanol–water partition coefficient (Wildman–Crippen LogP) is 6.63. The third-order valence-electron chi connectivity index (χ3n) is 6.98. The van der Waals surface area contributed by atoms with Crippen molar-refractivity contribution in [3.8, 4) is 10.6 Å². The van der Waals surface area contributed by atoms with Gasteiger partial charge >= 0.3 is 0 Å². The van der Waals surface area contributed by atoms with Gasteiger partial charge in [-0.2, -0.15) is 0 Å². The highest BCUT2D eigenvalue weighted by Gasteiger charge is 2.28. The summed E-state index contributed by atoms with van der Waals surface area (Å²) < 4.78 is 25.5. The molecule has 6 rings (SSSR count). The molecule has 0 radical (unpaired) electrons. The van der Waals surface area contributed by atoms with Crippen LogP contribution in [-0.4, -0.2) is 36.5 Å². The Morgan fingerprint density at radius 3 is 2.46 bits per heavy atom. The van der Waals surface area contributed by atoms with Crippen molar-refractivity contribution in [1.29, 1.82) is 0 Å². The Morgan fingerprint density at radius 2 is 1.72 bits per heavy atom. The molecule has 0 saturated heterocycles. The molecule has 0 saturated carbocycles. The summed E-state index contributed by atoms with van der Waals surface area (Å²) in [7, 11) is -3.33. The first-order valence-corrected chi connectivity index (χ1v) is 16.1. The van der Waals surface area contributed by atoms with Crippen LogP contribution in [0.1, 0.15) is 33.3 Å². The van der Waals surface area contributed by atoms with Crippen LogP contribution < -0.4 is 5.32 Å². The Balaban J connectivity index is 1.34. The predicted molar refractivity (Wildman–Crippen MR) is 159 cm³/mol. The van der Waals surface area contributed by atoms with Gasteiger partial charge in [-0.15, -0.1) is 22.7 Å². The number of rotatable bonds is 7. The minimum absolute atomic E-state index is 0.0199. The number of para-hydroxylation sites is 1. The van der Waals surface area contributed by atoms with E-state index in [4.69, 9.17) is 4.98 Å². The average Bonchev–Trinajstić information content (AvgIpc) is 3.54. The number of nitrogens with one attached hydrogen (secondary N) is 1. The van der Waals surface area contributed by atoms with Crippen LogP contribution in [0.2, 0.25) is 0 Å². The summed E-state index contributed by atoms with van der Waals surface area (Å²) in [5.41, 5.74) is 4.91. The summed E-state index contributed by atoms with van der Waals surface area (Å²) in [4.78, 5) is 22.2. The summed E-state index contributed by atoms with van der Waals surface area (Å²) >= 11 is 3.25. The standard InChI is InChI=1S/C30H27N3O3S3/c1-2-39(35,36)22-14-12-21(13-15-22)28(34)32-30-27(29-31-24-10-6-7-11-25(24)37-29)23-16-17-33(19-26(23)38-30)18-20-8-4-3-5-9-20/h3-15H,2,16-19H2,1H3,(H,32,34). The van der Waals surface area contributed by atoms with Gasteiger partial charge in [-0.05, 0) is 53.9 Å². The lowest BCUT2D eigenvalue weighted by Crippen LogP contribution is -2.29. The van der Waals surface area contributed by atoms with Crippen LogP contribution in [0.15, 0.2) is 83.8 Å². The van der Waals surface area contributed by atoms with E-state index in [1.54, 1.807) is 41.7 Å². The van der Waals surface area contributed by atoms with Crippen molar-refractivity contribution in [2.45, 2.75) is 31.3 Å². The minimum Gasteiger partial charge on any atom is -0.313 e. The van der Waals surface area contributed by atoms with E-state index in [-0.39, 0.29) is 16.6 Å². The third kappa shape index (κ3) is 5.27. The first kappa shape index (κ1) is 25.9. The zero-order valence-corrected chi connectivity index (χ0v) is 23.8. The van der Waals surface area contributed by atoms with Gasteiger partial charge in [0.1, 0.15) is 10.0 Å². The maximum Gasteiger partial charge on any atom is 0.256 e. The lowest BCUT2D eigenvalue weighted by atomic mass is 10.0. The lowest BCUT2D eigenvalue weighted by Gasteiger charge is -2.27. The molecule has 3 aromatic carbocycles. The van der Waals surface area contributed by atoms with Crippen molar-refractivity contribution in [3.05, 3.63) is 100 Å². The molecule has 5 aromatic rings. The lowest BCUT2D eigenvalue weighted by molar-refractivity contribution is 0.102. The van der Waals surface area contributed by atoms with E-state index in [1.807, 2.05) is 24.3 Å². The van der Waals surface area contributed by atoms with Crippen molar-refractivity contribution in [3.63, 3.8) is 0 Å². The maximum absolute atomic E-state index is 13.3. The Kier molecular flexibility index (Phi) is 7.07. The number of thiazole rings is 1. The number of fused-ring (bicyclic) bond motifs is 2. The number of benzene rings is 3. The van der Waals surface area contributed by atoms with E-state index >= 15 is 0 Å². The fourth-order valence-corrected chi connectivity index (χ4v) is 8.16. The summed E-state index contributed by atoms with van der Waals surface area (Å²) in [6.45, 7) is 4.23. The first-order chi connectivity index (χ1) is 18.9. The van der Waals surface area contributed by atoms with E-state index in [9.17, 15) is 13.2 Å². The molecule has 0 spiro atoms. The summed E-state index contributed by atoms with van der Waals surface area (Å²) in [5.74, 6) is -0.246. The second-order valence-corrected chi connectivity index (χ2v) is 13.9. The van der Waals surface area contributed by atoms with E-state index in [1.165, 1.54) is 28.1 Å². The molecule has 1 N–H and O–H groups in total. The number of aromatic nitrogens is 1. The molecule has 1 aliphatic rings. The molecule has 0 unspecified atom stereocenters. The highest BCUT2D eigenvalue weighted by Crippen LogP contribution is 2.46. The molecular weight excluding hydrogens is 547 g/mol. The smallest absolute Gasteiger partial charge is 0.256 e. The van der Waals surface area contributed by atoms with Crippen LogP contribution in [0, 0.1) is 0 Å². The van der Waals surface area contributed by atoms with E-state index in [0.717, 1.165) is 51.8 Å². The molecule has 0 fully saturated rings. The molecule has 198 valence electrons. The summed E-state index contributed by atoms with van der Waals surface area (Å²) in [6.07, 6.45) is 0.878. The molecule has 0 atom stereocenters. The second kappa shape index (κ2) is 10.7. The van der Waals surface area contributed by atoms with Crippen LogP contribution in [0.5, 0.6) is 0 Å². The Hall–Kier alpha value is -3.37. The fraction of sp³-hybridized carbons (Fsp3) is 0.200. The second-order valence-electron chi connectivity index (χ2n) is 9.52. The van der Waals surface area contributed by atoms with Crippen molar-refractivity contribution in [1.82, 2.24) is 9.88 Å². The van der Waals surface area contributed by atoms with Gasteiger partial charge < -0.3 is 5.32 Å². The first-order valence-electron chi connectivity index (χ1n) is 12.8. The van der Waals surface area contributed by atoms with E-state index in [2.05, 4.69) is 40.5 Å². The van der Waals surface area contributed by atoms with Gasteiger partial charge in [0.2, 0.25) is 0 Å². The number of hydrogen-bond donors (Lipinski definition) is 1. The van der Waals surface area contributed by atoms with Crippen LogP contribution >= 0.6 is 22.7 Å². The molecular formula is C30H27N3O3S3. The van der Waals surface area contributed by atoms with Gasteiger partial charge in [0.15, 0.2) is 9.84 Å². The SMILES string of the molecule is CCS(=O)(=O)c1ccc(C(=O)Nc2sc3c(c2-c2nc4ccccc4s2)CCN(Cc2ccccc2)C3)cc1. The summed E-state index contributed by atoms with van der Waals surface area (Å²) in [5, 5.41) is 4.84. The average molecular weight is 574 g/mol. The van der Waals surface area contributed by atoms with E-state index in [0.29, 0.717) is 5.56 Å². The van der Waals surface area contributed by atoms with Gasteiger partial charge in [-0.25, -0.2) is 13.4 Å². The monoisotopic (exact) mass is 573 g/mol. The van der Waals surface area contributed by atoms with Crippen molar-refractivity contribution >= 4 is 53.6 Å². The van der Waals surface area contributed by atoms with Gasteiger partial charge in [0.05, 0.1) is 20.9 Å². The van der Waals surface area contributed by atoms with Crippen molar-refractivity contribution in [2.24, 2.45) is 0 Å². The highest BCUT2D eigenvalue weighted by molar-refractivity contribution is 7.91. The number of amides is 1. The molecule has 3 heterocycles. The number of anilines is 1. The van der Waals surface area contributed by atoms with Crippen LogP contribution in [0.3, 0.4) is 0 Å². The Morgan fingerprint density at radius 1 is 0.974 bits per heavy atom. The molecule has 2 aromatic heterocycles. The number of carbonyl (C=O) groups excluding carboxylic acids is 1. The molecule has 1 aliphatic heterocycles. The van der Waals surface area contributed by atoms with Crippen LogP contribution in [-0.2, 0) is 29.3 Å². The molecule has 0 bridgehead atoms. The normalized spacial score (nSPS) is 13.9. The van der Waals surface area contributed by atoms with Crippen molar-refractivity contribution in [2.75, 3.05) is 17.6 Å². The largest absolute Gasteiger partial charge is 0.313 e. The van der Waals surface area contributed by atoms with Gasteiger partial charge in [-0.3, -0.25) is 9.69 Å².